The van der Waals surface area contributed by atoms with Crippen LogP contribution in [0.2, 0.25) is 0 Å². The van der Waals surface area contributed by atoms with Gasteiger partial charge >= 0.3 is 0 Å². The van der Waals surface area contributed by atoms with Crippen molar-refractivity contribution in [3.05, 3.63) is 28.8 Å². The fourth-order valence-corrected chi connectivity index (χ4v) is 6.96. The molecule has 0 aliphatic rings. The molecule has 0 aliphatic heterocycles. The van der Waals surface area contributed by atoms with Crippen molar-refractivity contribution < 1.29 is 17.7 Å². The summed E-state index contributed by atoms with van der Waals surface area (Å²) >= 11 is 0. The number of nitrogens with two attached hydrogens (primary N) is 1. The minimum atomic E-state index is -4.14. The number of rotatable bonds is 31. The molecule has 1 rings (SSSR count). The van der Waals surface area contributed by atoms with E-state index in [1.54, 1.807) is 6.07 Å². The summed E-state index contributed by atoms with van der Waals surface area (Å²) in [5.74, 6) is 0. The van der Waals surface area contributed by atoms with Gasteiger partial charge in [-0.2, -0.15) is 8.42 Å². The van der Waals surface area contributed by atoms with Crippen LogP contribution in [0.1, 0.15) is 197 Å². The lowest BCUT2D eigenvalue weighted by atomic mass is 9.98. The molecular formula is C40H77NO4S. The van der Waals surface area contributed by atoms with E-state index in [0.29, 0.717) is 0 Å². The fourth-order valence-electron chi connectivity index (χ4n) is 6.16. The zero-order valence-corrected chi connectivity index (χ0v) is 31.8. The third kappa shape index (κ3) is 27.0. The molecule has 0 aromatic heterocycles. The quantitative estimate of drug-likeness (QED) is 0.0607. The van der Waals surface area contributed by atoms with Gasteiger partial charge in [0.1, 0.15) is 0 Å². The molecule has 0 bridgehead atoms. The monoisotopic (exact) mass is 668 g/mol. The molecule has 0 saturated carbocycles. The summed E-state index contributed by atoms with van der Waals surface area (Å²) in [6.45, 7) is 10.9. The van der Waals surface area contributed by atoms with Crippen LogP contribution in [0.4, 0.5) is 0 Å². The Morgan fingerprint density at radius 3 is 1.37 bits per heavy atom. The highest BCUT2D eigenvalue weighted by Crippen LogP contribution is 2.25. The van der Waals surface area contributed by atoms with Gasteiger partial charge in [0.2, 0.25) is 0 Å². The molecule has 0 radical (unpaired) electrons. The first-order valence-corrected chi connectivity index (χ1v) is 21.1. The first-order chi connectivity index (χ1) is 22.3. The van der Waals surface area contributed by atoms with E-state index in [2.05, 4.69) is 13.8 Å². The van der Waals surface area contributed by atoms with Crippen LogP contribution >= 0.6 is 0 Å². The first kappa shape index (κ1) is 45.0. The van der Waals surface area contributed by atoms with E-state index in [-0.39, 0.29) is 4.90 Å². The van der Waals surface area contributed by atoms with Crippen molar-refractivity contribution in [1.82, 2.24) is 0 Å². The van der Waals surface area contributed by atoms with E-state index in [1.165, 1.54) is 160 Å². The van der Waals surface area contributed by atoms with Gasteiger partial charge in [-0.05, 0) is 75.8 Å². The third-order valence-electron chi connectivity index (χ3n) is 9.33. The van der Waals surface area contributed by atoms with Crippen molar-refractivity contribution in [3.63, 3.8) is 0 Å². The summed E-state index contributed by atoms with van der Waals surface area (Å²) in [6.07, 6.45) is 35.7. The fraction of sp³-hybridized carbons (Fsp3) is 0.850. The van der Waals surface area contributed by atoms with Crippen molar-refractivity contribution in [2.75, 3.05) is 19.8 Å². The second kappa shape index (κ2) is 32.6. The molecule has 1 aromatic carbocycles. The molecule has 0 fully saturated rings. The van der Waals surface area contributed by atoms with Crippen LogP contribution in [-0.4, -0.2) is 32.7 Å². The van der Waals surface area contributed by atoms with Crippen LogP contribution in [0.5, 0.6) is 0 Å². The van der Waals surface area contributed by atoms with Gasteiger partial charge in [0.25, 0.3) is 10.1 Å². The maximum absolute atomic E-state index is 11.6. The molecule has 3 N–H and O–H groups in total. The van der Waals surface area contributed by atoms with Gasteiger partial charge in [-0.1, -0.05) is 161 Å². The Morgan fingerprint density at radius 2 is 0.978 bits per heavy atom. The summed E-state index contributed by atoms with van der Waals surface area (Å²) in [5.41, 5.74) is 8.34. The van der Waals surface area contributed by atoms with Crippen molar-refractivity contribution in [3.8, 4) is 0 Å². The van der Waals surface area contributed by atoms with Gasteiger partial charge in [-0.25, -0.2) is 0 Å². The Kier molecular flexibility index (Phi) is 31.9. The van der Waals surface area contributed by atoms with E-state index < -0.39 is 10.1 Å². The minimum absolute atomic E-state index is 0.0847. The van der Waals surface area contributed by atoms with Gasteiger partial charge in [0.05, 0.1) is 4.90 Å². The second-order valence-electron chi connectivity index (χ2n) is 13.5. The summed E-state index contributed by atoms with van der Waals surface area (Å²) < 4.78 is 37.9. The molecule has 272 valence electrons. The lowest BCUT2D eigenvalue weighted by Gasteiger charge is -2.13. The Hall–Kier alpha value is -0.950. The number of benzene rings is 1. The van der Waals surface area contributed by atoms with Gasteiger partial charge in [0, 0.05) is 13.2 Å². The third-order valence-corrected chi connectivity index (χ3v) is 10.3. The number of ether oxygens (including phenoxy) is 1. The SMILES string of the molecule is CCCCCCCCCCCCc1c(S(=O)(=O)O)ccc(C)c1C.CCOCCCCCCCCCCCCCCCCCCN. The Morgan fingerprint density at radius 1 is 0.587 bits per heavy atom. The van der Waals surface area contributed by atoms with Crippen molar-refractivity contribution in [2.24, 2.45) is 5.73 Å². The predicted molar refractivity (Wildman–Crippen MR) is 201 cm³/mol. The predicted octanol–water partition coefficient (Wildman–Crippen LogP) is 12.2. The Bertz CT molecular complexity index is 883. The van der Waals surface area contributed by atoms with Crippen LogP contribution in [0, 0.1) is 13.8 Å². The molecule has 0 unspecified atom stereocenters. The zero-order valence-electron chi connectivity index (χ0n) is 31.0. The molecule has 0 spiro atoms. The maximum Gasteiger partial charge on any atom is 0.294 e. The zero-order chi connectivity index (χ0) is 34.1. The summed E-state index contributed by atoms with van der Waals surface area (Å²) in [4.78, 5) is 0.0847. The van der Waals surface area contributed by atoms with Crippen LogP contribution < -0.4 is 5.73 Å². The standard InChI is InChI=1S/C20H43NO.C20H34O3S/c1-2-22-20-18-16-14-12-10-8-6-4-3-5-7-9-11-13-15-17-19-21;1-4-5-6-7-8-9-10-11-12-13-14-19-18(3)17(2)15-16-20(19)24(21,22)23/h2-21H2,1H3;15-16H,4-14H2,1-3H3,(H,21,22,23). The molecule has 1 aromatic rings. The summed E-state index contributed by atoms with van der Waals surface area (Å²) in [7, 11) is -4.14. The van der Waals surface area contributed by atoms with Gasteiger partial charge in [-0.15, -0.1) is 0 Å². The molecule has 0 amide bonds. The lowest BCUT2D eigenvalue weighted by molar-refractivity contribution is 0.143. The molecule has 0 atom stereocenters. The second-order valence-corrected chi connectivity index (χ2v) is 14.9. The highest BCUT2D eigenvalue weighted by molar-refractivity contribution is 7.85. The van der Waals surface area contributed by atoms with Crippen LogP contribution in [-0.2, 0) is 21.3 Å². The van der Waals surface area contributed by atoms with E-state index in [1.807, 2.05) is 13.8 Å². The number of hydrogen-bond donors (Lipinski definition) is 2. The Balaban J connectivity index is 0.000000885. The van der Waals surface area contributed by atoms with Crippen LogP contribution in [0.25, 0.3) is 0 Å². The van der Waals surface area contributed by atoms with Crippen molar-refractivity contribution >= 4 is 10.1 Å². The molecule has 0 aliphatic carbocycles. The molecule has 0 heterocycles. The number of unbranched alkanes of at least 4 members (excludes halogenated alkanes) is 24. The van der Waals surface area contributed by atoms with Crippen molar-refractivity contribution in [2.45, 2.75) is 206 Å². The van der Waals surface area contributed by atoms with E-state index >= 15 is 0 Å². The smallest absolute Gasteiger partial charge is 0.294 e. The number of hydrogen-bond acceptors (Lipinski definition) is 4. The van der Waals surface area contributed by atoms with E-state index in [4.69, 9.17) is 10.5 Å². The number of aryl methyl sites for hydroxylation is 1. The summed E-state index contributed by atoms with van der Waals surface area (Å²) in [5, 5.41) is 0. The lowest BCUT2D eigenvalue weighted by Crippen LogP contribution is -2.06. The van der Waals surface area contributed by atoms with Crippen molar-refractivity contribution in [1.29, 1.82) is 0 Å². The molecule has 46 heavy (non-hydrogen) atoms. The Labute approximate surface area is 287 Å². The van der Waals surface area contributed by atoms with Gasteiger partial charge in [-0.3, -0.25) is 4.55 Å². The first-order valence-electron chi connectivity index (χ1n) is 19.6. The minimum Gasteiger partial charge on any atom is -0.382 e. The molecule has 6 heteroatoms. The average Bonchev–Trinajstić information content (AvgIpc) is 3.03. The van der Waals surface area contributed by atoms with Crippen LogP contribution in [0.3, 0.4) is 0 Å². The highest BCUT2D eigenvalue weighted by atomic mass is 32.2. The highest BCUT2D eigenvalue weighted by Gasteiger charge is 2.17. The molecular weight excluding hydrogens is 591 g/mol. The topological polar surface area (TPSA) is 89.6 Å². The normalized spacial score (nSPS) is 11.5. The van der Waals surface area contributed by atoms with Crippen LogP contribution in [0.15, 0.2) is 17.0 Å². The maximum atomic E-state index is 11.6. The van der Waals surface area contributed by atoms with E-state index in [9.17, 15) is 13.0 Å². The van der Waals surface area contributed by atoms with Gasteiger partial charge in [0.15, 0.2) is 0 Å². The molecule has 5 nitrogen and oxygen atoms in total. The molecule has 0 saturated heterocycles. The van der Waals surface area contributed by atoms with Gasteiger partial charge < -0.3 is 10.5 Å². The largest absolute Gasteiger partial charge is 0.382 e. The average molecular weight is 668 g/mol. The van der Waals surface area contributed by atoms with E-state index in [0.717, 1.165) is 55.7 Å². The summed E-state index contributed by atoms with van der Waals surface area (Å²) in [6, 6.07) is 3.30.